The highest BCUT2D eigenvalue weighted by Gasteiger charge is 2.61. The van der Waals surface area contributed by atoms with Gasteiger partial charge in [0, 0.05) is 10.1 Å². The zero-order valence-electron chi connectivity index (χ0n) is 15.0. The Bertz CT molecular complexity index is 717. The van der Waals surface area contributed by atoms with Gasteiger partial charge in [-0.3, -0.25) is 9.59 Å². The van der Waals surface area contributed by atoms with Gasteiger partial charge in [0.15, 0.2) is 6.61 Å². The van der Waals surface area contributed by atoms with Gasteiger partial charge in [-0.2, -0.15) is 0 Å². The molecule has 9 heteroatoms. The molecule has 2 aliphatic heterocycles. The van der Waals surface area contributed by atoms with Crippen molar-refractivity contribution < 1.29 is 23.9 Å². The Kier molecular flexibility index (Phi) is 6.31. The van der Waals surface area contributed by atoms with Crippen LogP contribution in [0.1, 0.15) is 13.3 Å². The first-order valence-electron chi connectivity index (χ1n) is 8.59. The molecule has 0 saturated carbocycles. The molecule has 2 fully saturated rings. The van der Waals surface area contributed by atoms with E-state index in [1.807, 2.05) is 25.1 Å². The summed E-state index contributed by atoms with van der Waals surface area (Å²) in [5.41, 5.74) is 0. The first-order chi connectivity index (χ1) is 12.9. The van der Waals surface area contributed by atoms with Crippen LogP contribution in [0.5, 0.6) is 5.75 Å². The normalized spacial score (nSPS) is 27.4. The molecule has 0 bridgehead atoms. The number of halogens is 1. The number of thioether (sulfide) groups is 1. The van der Waals surface area contributed by atoms with Crippen molar-refractivity contribution in [1.29, 1.82) is 0 Å². The highest BCUT2D eigenvalue weighted by atomic mass is 79.9. The maximum Gasteiger partial charge on any atom is 0.329 e. The van der Waals surface area contributed by atoms with Crippen LogP contribution in [-0.4, -0.2) is 63.9 Å². The number of methoxy groups -OCH3 is 1. The number of ether oxygens (including phenoxy) is 2. The predicted molar refractivity (Wildman–Crippen MR) is 105 cm³/mol. The number of hydrogen-bond donors (Lipinski definition) is 1. The fraction of sp³-hybridized carbons (Fsp3) is 0.500. The van der Waals surface area contributed by atoms with Crippen molar-refractivity contribution in [1.82, 2.24) is 10.2 Å². The van der Waals surface area contributed by atoms with Gasteiger partial charge < -0.3 is 19.7 Å². The third-order valence-corrected chi connectivity index (χ3v) is 6.43. The Balaban J connectivity index is 1.60. The molecule has 0 aromatic heterocycles. The van der Waals surface area contributed by atoms with Crippen LogP contribution in [0, 0.1) is 0 Å². The van der Waals surface area contributed by atoms with Gasteiger partial charge in [-0.05, 0) is 18.6 Å². The van der Waals surface area contributed by atoms with Crippen LogP contribution in [0.3, 0.4) is 0 Å². The summed E-state index contributed by atoms with van der Waals surface area (Å²) in [5, 5.41) is 2.37. The van der Waals surface area contributed by atoms with Crippen molar-refractivity contribution in [2.45, 2.75) is 40.9 Å². The number of β-lactam (4-membered cyclic amide) rings is 1. The van der Waals surface area contributed by atoms with E-state index in [0.717, 1.165) is 0 Å². The van der Waals surface area contributed by atoms with Crippen molar-refractivity contribution >= 4 is 45.5 Å². The van der Waals surface area contributed by atoms with Crippen LogP contribution in [0.25, 0.3) is 0 Å². The van der Waals surface area contributed by atoms with Gasteiger partial charge in [-0.25, -0.2) is 4.79 Å². The molecule has 0 radical (unpaired) electrons. The molecule has 1 aromatic carbocycles. The van der Waals surface area contributed by atoms with Gasteiger partial charge in [0.1, 0.15) is 23.2 Å². The summed E-state index contributed by atoms with van der Waals surface area (Å²) in [6, 6.07) is 7.72. The fourth-order valence-corrected chi connectivity index (χ4v) is 5.77. The van der Waals surface area contributed by atoms with Crippen LogP contribution in [0.2, 0.25) is 0 Å². The van der Waals surface area contributed by atoms with E-state index < -0.39 is 18.1 Å². The smallest absolute Gasteiger partial charge is 0.329 e. The van der Waals surface area contributed by atoms with Crippen molar-refractivity contribution in [3.05, 3.63) is 30.3 Å². The minimum atomic E-state index is -0.648. The standard InChI is InChI=1S/C18H21BrN2O5S/c1-10(19)8-12-15(18(24)25-2)21-16(23)14(17(21)27-12)20-13(22)9-26-11-6-4-3-5-7-11/h3-7,10,12,14-15,17H,8-9H2,1-2H3,(H,20,22)/t10?,12?,14?,15?,17-/m1/s1. The lowest BCUT2D eigenvalue weighted by molar-refractivity contribution is -0.161. The number of nitrogens with one attached hydrogen (secondary N) is 1. The predicted octanol–water partition coefficient (Wildman–Crippen LogP) is 1.55. The molecule has 1 N–H and O–H groups in total. The second-order valence-corrected chi connectivity index (χ2v) is 9.37. The van der Waals surface area contributed by atoms with Crippen LogP contribution >= 0.6 is 27.7 Å². The number of amides is 2. The van der Waals surface area contributed by atoms with E-state index in [2.05, 4.69) is 21.2 Å². The Labute approximate surface area is 170 Å². The zero-order chi connectivity index (χ0) is 19.6. The lowest BCUT2D eigenvalue weighted by atomic mass is 10.00. The van der Waals surface area contributed by atoms with Crippen molar-refractivity contribution in [3.63, 3.8) is 0 Å². The number of benzene rings is 1. The molecular formula is C18H21BrN2O5S. The zero-order valence-corrected chi connectivity index (χ0v) is 17.4. The Morgan fingerprint density at radius 2 is 2.04 bits per heavy atom. The first kappa shape index (κ1) is 20.0. The lowest BCUT2D eigenvalue weighted by Gasteiger charge is -2.43. The number of carbonyl (C=O) groups excluding carboxylic acids is 3. The number of fused-ring (bicyclic) bond motifs is 1. The summed E-state index contributed by atoms with van der Waals surface area (Å²) >= 11 is 5.03. The molecule has 4 unspecified atom stereocenters. The molecule has 3 rings (SSSR count). The summed E-state index contributed by atoms with van der Waals surface area (Å²) in [5.74, 6) is -0.472. The summed E-state index contributed by atoms with van der Waals surface area (Å²) in [6.07, 6.45) is 0.711. The summed E-state index contributed by atoms with van der Waals surface area (Å²) in [4.78, 5) is 38.6. The largest absolute Gasteiger partial charge is 0.484 e. The molecule has 2 amide bonds. The van der Waals surface area contributed by atoms with Crippen LogP contribution in [-0.2, 0) is 19.1 Å². The summed E-state index contributed by atoms with van der Waals surface area (Å²) in [6.45, 7) is 1.82. The number of para-hydroxylation sites is 1. The van der Waals surface area contributed by atoms with E-state index in [9.17, 15) is 14.4 Å². The van der Waals surface area contributed by atoms with Crippen molar-refractivity contribution in [2.75, 3.05) is 13.7 Å². The SMILES string of the molecule is COC(=O)C1C(CC(C)Br)S[C@@H]2C(NC(=O)COc3ccccc3)C(=O)N12. The van der Waals surface area contributed by atoms with E-state index in [-0.39, 0.29) is 33.9 Å². The topological polar surface area (TPSA) is 84.9 Å². The average molecular weight is 457 g/mol. The quantitative estimate of drug-likeness (QED) is 0.380. The molecular weight excluding hydrogens is 436 g/mol. The van der Waals surface area contributed by atoms with Crippen LogP contribution in [0.4, 0.5) is 0 Å². The monoisotopic (exact) mass is 456 g/mol. The van der Waals surface area contributed by atoms with E-state index >= 15 is 0 Å². The molecule has 146 valence electrons. The molecule has 2 saturated heterocycles. The van der Waals surface area contributed by atoms with Gasteiger partial charge in [0.05, 0.1) is 7.11 Å². The maximum absolute atomic E-state index is 12.6. The van der Waals surface area contributed by atoms with E-state index in [4.69, 9.17) is 9.47 Å². The Hall–Kier alpha value is -1.74. The minimum absolute atomic E-state index is 0.0803. The third-order valence-electron chi connectivity index (χ3n) is 4.48. The van der Waals surface area contributed by atoms with E-state index in [1.54, 1.807) is 12.1 Å². The number of nitrogens with zero attached hydrogens (tertiary/aromatic N) is 1. The number of carbonyl (C=O) groups is 3. The second kappa shape index (κ2) is 8.52. The molecule has 1 aromatic rings. The molecule has 5 atom stereocenters. The number of esters is 1. The Morgan fingerprint density at radius 3 is 2.67 bits per heavy atom. The first-order valence-corrected chi connectivity index (χ1v) is 10.4. The van der Waals surface area contributed by atoms with Crippen LogP contribution in [0.15, 0.2) is 30.3 Å². The van der Waals surface area contributed by atoms with Crippen molar-refractivity contribution in [2.24, 2.45) is 0 Å². The lowest BCUT2D eigenvalue weighted by Crippen LogP contribution is -2.70. The number of alkyl halides is 1. The van der Waals surface area contributed by atoms with Gasteiger partial charge in [-0.1, -0.05) is 41.1 Å². The third kappa shape index (κ3) is 4.24. The maximum atomic E-state index is 12.6. The van der Waals surface area contributed by atoms with Gasteiger partial charge in [0.25, 0.3) is 5.91 Å². The van der Waals surface area contributed by atoms with E-state index in [1.165, 1.54) is 23.8 Å². The molecule has 2 aliphatic rings. The number of hydrogen-bond acceptors (Lipinski definition) is 6. The minimum Gasteiger partial charge on any atom is -0.484 e. The average Bonchev–Trinajstić information content (AvgIpc) is 2.99. The molecule has 27 heavy (non-hydrogen) atoms. The van der Waals surface area contributed by atoms with Gasteiger partial charge >= 0.3 is 5.97 Å². The Morgan fingerprint density at radius 1 is 1.33 bits per heavy atom. The van der Waals surface area contributed by atoms with Gasteiger partial charge in [-0.15, -0.1) is 11.8 Å². The molecule has 2 heterocycles. The molecule has 7 nitrogen and oxygen atoms in total. The molecule has 0 aliphatic carbocycles. The fourth-order valence-electron chi connectivity index (χ4n) is 3.26. The van der Waals surface area contributed by atoms with E-state index in [0.29, 0.717) is 12.2 Å². The summed E-state index contributed by atoms with van der Waals surface area (Å²) in [7, 11) is 1.32. The van der Waals surface area contributed by atoms with Gasteiger partial charge in [0.2, 0.25) is 5.91 Å². The highest BCUT2D eigenvalue weighted by molar-refractivity contribution is 9.09. The summed E-state index contributed by atoms with van der Waals surface area (Å²) < 4.78 is 10.3. The molecule has 0 spiro atoms. The highest BCUT2D eigenvalue weighted by Crippen LogP contribution is 2.46. The van der Waals surface area contributed by atoms with Crippen LogP contribution < -0.4 is 10.1 Å². The number of rotatable bonds is 7. The van der Waals surface area contributed by atoms with Crippen molar-refractivity contribution in [3.8, 4) is 5.75 Å². The second-order valence-electron chi connectivity index (χ2n) is 6.44.